The van der Waals surface area contributed by atoms with Gasteiger partial charge in [-0.25, -0.2) is 9.37 Å². The molecule has 0 bridgehead atoms. The minimum atomic E-state index is -0.790. The van der Waals surface area contributed by atoms with Gasteiger partial charge in [0.2, 0.25) is 0 Å². The summed E-state index contributed by atoms with van der Waals surface area (Å²) in [7, 11) is 1.42. The molecule has 4 aromatic rings. The zero-order valence-corrected chi connectivity index (χ0v) is 19.8. The van der Waals surface area contributed by atoms with Gasteiger partial charge in [0.25, 0.3) is 0 Å². The van der Waals surface area contributed by atoms with Gasteiger partial charge in [-0.1, -0.05) is 13.8 Å². The number of halogens is 1. The first kappa shape index (κ1) is 22.8. The first-order chi connectivity index (χ1) is 16.7. The van der Waals surface area contributed by atoms with E-state index in [2.05, 4.69) is 16.3 Å². The second-order valence-corrected chi connectivity index (χ2v) is 9.84. The third-order valence-electron chi connectivity index (χ3n) is 7.13. The van der Waals surface area contributed by atoms with Gasteiger partial charge < -0.3 is 14.4 Å². The molecule has 1 aliphatic rings. The monoisotopic (exact) mass is 475 g/mol. The summed E-state index contributed by atoms with van der Waals surface area (Å²) < 4.78 is 21.6. The van der Waals surface area contributed by atoms with E-state index in [1.54, 1.807) is 18.3 Å². The molecule has 9 heteroatoms. The summed E-state index contributed by atoms with van der Waals surface area (Å²) in [6.45, 7) is 4.00. The number of carbonyl (C=O) groups is 1. The number of hydrogen-bond donors (Lipinski definition) is 2. The predicted molar refractivity (Wildman–Crippen MR) is 128 cm³/mol. The second-order valence-electron chi connectivity index (χ2n) is 9.84. The van der Waals surface area contributed by atoms with Crippen LogP contribution in [-0.2, 0) is 10.2 Å². The van der Waals surface area contributed by atoms with Crippen LogP contribution in [0.15, 0.2) is 30.5 Å². The maximum Gasteiger partial charge on any atom is 0.306 e. The van der Waals surface area contributed by atoms with Gasteiger partial charge in [0.1, 0.15) is 0 Å². The zero-order chi connectivity index (χ0) is 24.9. The Morgan fingerprint density at radius 2 is 2.17 bits per heavy atom. The van der Waals surface area contributed by atoms with Gasteiger partial charge >= 0.3 is 5.97 Å². The lowest BCUT2D eigenvalue weighted by Gasteiger charge is -2.28. The molecule has 5 rings (SSSR count). The molecule has 35 heavy (non-hydrogen) atoms. The van der Waals surface area contributed by atoms with E-state index in [1.807, 2.05) is 24.5 Å². The van der Waals surface area contributed by atoms with Gasteiger partial charge in [-0.15, -0.1) is 0 Å². The van der Waals surface area contributed by atoms with Crippen LogP contribution in [0.2, 0.25) is 0 Å². The summed E-state index contributed by atoms with van der Waals surface area (Å²) in [6, 6.07) is 8.97. The average Bonchev–Trinajstić information content (AvgIpc) is 3.54. The van der Waals surface area contributed by atoms with Crippen molar-refractivity contribution in [3.05, 3.63) is 47.5 Å². The number of pyridine rings is 1. The molecule has 0 aliphatic heterocycles. The Morgan fingerprint density at radius 3 is 2.86 bits per heavy atom. The topological polar surface area (TPSA) is 117 Å². The van der Waals surface area contributed by atoms with Crippen molar-refractivity contribution in [2.24, 2.45) is 5.92 Å². The Labute approximate surface area is 201 Å². The maximum atomic E-state index is 14.3. The highest BCUT2D eigenvalue weighted by atomic mass is 19.1. The number of aromatic nitrogens is 4. The minimum Gasteiger partial charge on any atom is -0.494 e. The van der Waals surface area contributed by atoms with E-state index < -0.39 is 23.1 Å². The van der Waals surface area contributed by atoms with Crippen molar-refractivity contribution in [3.63, 3.8) is 0 Å². The van der Waals surface area contributed by atoms with Crippen molar-refractivity contribution in [1.82, 2.24) is 19.7 Å². The van der Waals surface area contributed by atoms with Crippen LogP contribution in [-0.4, -0.2) is 37.9 Å². The fraction of sp³-hybridized carbons (Fsp3) is 0.385. The highest BCUT2D eigenvalue weighted by molar-refractivity contribution is 5.94. The van der Waals surface area contributed by atoms with E-state index in [0.29, 0.717) is 30.6 Å². The largest absolute Gasteiger partial charge is 0.494 e. The molecule has 3 aromatic heterocycles. The maximum absolute atomic E-state index is 14.3. The molecule has 1 aromatic carbocycles. The number of ether oxygens (including phenoxy) is 1. The summed E-state index contributed by atoms with van der Waals surface area (Å²) >= 11 is 0. The number of carboxylic acids is 1. The number of benzene rings is 1. The Balaban J connectivity index is 1.89. The number of nitrogens with one attached hydrogen (secondary N) is 1. The molecule has 3 heterocycles. The van der Waals surface area contributed by atoms with Gasteiger partial charge in [0.05, 0.1) is 36.3 Å². The van der Waals surface area contributed by atoms with Gasteiger partial charge in [0.15, 0.2) is 17.2 Å². The fourth-order valence-electron chi connectivity index (χ4n) is 5.45. The van der Waals surface area contributed by atoms with Crippen LogP contribution in [0.1, 0.15) is 56.7 Å². The van der Waals surface area contributed by atoms with Gasteiger partial charge in [0, 0.05) is 40.2 Å². The van der Waals surface area contributed by atoms with E-state index in [0.717, 1.165) is 27.7 Å². The number of aromatic amines is 1. The molecule has 8 nitrogen and oxygen atoms in total. The molecule has 1 saturated carbocycles. The summed E-state index contributed by atoms with van der Waals surface area (Å²) in [5.41, 5.74) is 4.07. The van der Waals surface area contributed by atoms with Crippen molar-refractivity contribution in [1.29, 1.82) is 5.26 Å². The highest BCUT2D eigenvalue weighted by Crippen LogP contribution is 2.48. The first-order valence-electron chi connectivity index (χ1n) is 11.6. The molecule has 0 spiro atoms. The molecule has 0 amide bonds. The normalized spacial score (nSPS) is 18.3. The van der Waals surface area contributed by atoms with Gasteiger partial charge in [-0.3, -0.25) is 9.89 Å². The fourth-order valence-corrected chi connectivity index (χ4v) is 5.45. The van der Waals surface area contributed by atoms with Crippen molar-refractivity contribution in [2.75, 3.05) is 7.11 Å². The summed E-state index contributed by atoms with van der Waals surface area (Å²) in [4.78, 5) is 16.7. The quantitative estimate of drug-likeness (QED) is 0.395. The van der Waals surface area contributed by atoms with E-state index in [-0.39, 0.29) is 18.1 Å². The molecular formula is C26H26FN5O3. The molecule has 0 radical (unpaired) electrons. The van der Waals surface area contributed by atoms with Crippen LogP contribution in [0.5, 0.6) is 5.75 Å². The van der Waals surface area contributed by atoms with Crippen LogP contribution in [0, 0.1) is 23.1 Å². The molecular weight excluding hydrogens is 449 g/mol. The van der Waals surface area contributed by atoms with Gasteiger partial charge in [-0.2, -0.15) is 10.4 Å². The number of carboxylic acid groups (broad SMARTS) is 1. The number of hydrogen-bond acceptors (Lipinski definition) is 5. The Hall–Kier alpha value is -3.93. The van der Waals surface area contributed by atoms with Crippen LogP contribution in [0.4, 0.5) is 4.39 Å². The number of nitrogens with zero attached hydrogens (tertiary/aromatic N) is 4. The third kappa shape index (κ3) is 3.70. The van der Waals surface area contributed by atoms with Crippen molar-refractivity contribution >= 4 is 28.0 Å². The second kappa shape index (κ2) is 8.38. The lowest BCUT2D eigenvalue weighted by molar-refractivity contribution is -0.141. The predicted octanol–water partition coefficient (Wildman–Crippen LogP) is 5.21. The van der Waals surface area contributed by atoms with E-state index in [1.165, 1.54) is 13.2 Å². The van der Waals surface area contributed by atoms with Crippen molar-refractivity contribution in [2.45, 2.75) is 50.9 Å². The Kier molecular flexibility index (Phi) is 5.47. The molecule has 2 N–H and O–H groups in total. The van der Waals surface area contributed by atoms with Crippen molar-refractivity contribution < 1.29 is 19.0 Å². The van der Waals surface area contributed by atoms with Crippen LogP contribution < -0.4 is 4.74 Å². The standard InChI is InChI=1S/C26H26FN5O3/c1-26(2,8-9-28)23-21(14-4-5-15(10-14)25(33)34)22-19(11-16-13-29-31-24(16)30-22)32(23)17-6-7-18(27)20(12-17)35-3/h6-7,11-15H,4-5,8,10H2,1-3H3,(H,33,34)(H,29,30,31)/t14-,15-/m1/s1. The van der Waals surface area contributed by atoms with E-state index in [4.69, 9.17) is 9.72 Å². The molecule has 2 atom stereocenters. The lowest BCUT2D eigenvalue weighted by Crippen LogP contribution is -2.23. The number of rotatable bonds is 6. The molecule has 1 aliphatic carbocycles. The smallest absolute Gasteiger partial charge is 0.306 e. The number of H-pyrrole nitrogens is 1. The van der Waals surface area contributed by atoms with Crippen LogP contribution in [0.3, 0.4) is 0 Å². The van der Waals surface area contributed by atoms with Crippen LogP contribution in [0.25, 0.3) is 27.8 Å². The Morgan fingerprint density at radius 1 is 1.37 bits per heavy atom. The molecule has 1 fully saturated rings. The first-order valence-corrected chi connectivity index (χ1v) is 11.6. The molecule has 180 valence electrons. The van der Waals surface area contributed by atoms with E-state index in [9.17, 15) is 19.6 Å². The highest BCUT2D eigenvalue weighted by Gasteiger charge is 2.39. The number of methoxy groups -OCH3 is 1. The molecule has 0 unspecified atom stereocenters. The SMILES string of the molecule is COc1cc(-n2c(C(C)(C)CC#N)c([C@@H]3CC[C@@H](C(=O)O)C3)c3nc4[nH]ncc4cc32)ccc1F. The summed E-state index contributed by atoms with van der Waals surface area (Å²) in [5, 5.41) is 27.2. The van der Waals surface area contributed by atoms with Gasteiger partial charge in [-0.05, 0) is 43.4 Å². The lowest BCUT2D eigenvalue weighted by atomic mass is 9.80. The molecule has 0 saturated heterocycles. The average molecular weight is 476 g/mol. The van der Waals surface area contributed by atoms with Crippen molar-refractivity contribution in [3.8, 4) is 17.5 Å². The summed E-state index contributed by atoms with van der Waals surface area (Å²) in [6.07, 6.45) is 3.73. The van der Waals surface area contributed by atoms with E-state index >= 15 is 0 Å². The third-order valence-corrected chi connectivity index (χ3v) is 7.13. The number of nitriles is 1. The number of fused-ring (bicyclic) bond motifs is 2. The minimum absolute atomic E-state index is 0.0389. The zero-order valence-electron chi connectivity index (χ0n) is 19.8. The van der Waals surface area contributed by atoms with Crippen LogP contribution >= 0.6 is 0 Å². The number of aliphatic carboxylic acids is 1. The Bertz CT molecular complexity index is 1500. The summed E-state index contributed by atoms with van der Waals surface area (Å²) in [5.74, 6) is -1.61.